The zero-order chi connectivity index (χ0) is 25.1. The quantitative estimate of drug-likeness (QED) is 0.370. The molecule has 1 amide bonds. The fourth-order valence-corrected chi connectivity index (χ4v) is 3.57. The third-order valence-corrected chi connectivity index (χ3v) is 5.38. The topological polar surface area (TPSA) is 83.1 Å². The molecule has 0 saturated heterocycles. The molecule has 2 aromatic carbocycles. The van der Waals surface area contributed by atoms with Crippen LogP contribution in [0.3, 0.4) is 0 Å². The third-order valence-electron chi connectivity index (χ3n) is 5.38. The highest BCUT2D eigenvalue weighted by Crippen LogP contribution is 2.31. The van der Waals surface area contributed by atoms with E-state index in [0.717, 1.165) is 12.1 Å². The number of nitrogens with one attached hydrogen (secondary N) is 2. The van der Waals surface area contributed by atoms with Gasteiger partial charge in [0.25, 0.3) is 5.91 Å². The van der Waals surface area contributed by atoms with E-state index in [1.807, 2.05) is 0 Å². The first-order chi connectivity index (χ1) is 17.5. The minimum absolute atomic E-state index is 0.167. The van der Waals surface area contributed by atoms with E-state index in [9.17, 15) is 18.0 Å². The molecule has 2 N–H and O–H groups in total. The maximum atomic E-state index is 14.8. The molecular formula is C26H18F3N5O2. The van der Waals surface area contributed by atoms with Crippen molar-refractivity contribution in [2.75, 3.05) is 16.8 Å². The summed E-state index contributed by atoms with van der Waals surface area (Å²) in [7, 11) is 0. The Balaban J connectivity index is 1.29. The number of pyridine rings is 1. The van der Waals surface area contributed by atoms with E-state index in [0.29, 0.717) is 22.5 Å². The van der Waals surface area contributed by atoms with Crippen molar-refractivity contribution >= 4 is 17.3 Å². The fraction of sp³-hybridized carbons (Fsp3) is 0.0385. The lowest BCUT2D eigenvalue weighted by Gasteiger charge is -2.24. The number of anilines is 2. The van der Waals surface area contributed by atoms with Gasteiger partial charge in [-0.1, -0.05) is 6.08 Å². The number of allylic oxidation sites excluding steroid dienone is 2. The molecule has 0 atom stereocenters. The van der Waals surface area contributed by atoms with Crippen LogP contribution in [0, 0.1) is 17.5 Å². The van der Waals surface area contributed by atoms with Crippen LogP contribution in [0.5, 0.6) is 11.5 Å². The summed E-state index contributed by atoms with van der Waals surface area (Å²) in [5.41, 5.74) is 1.90. The first-order valence-electron chi connectivity index (χ1n) is 10.8. The summed E-state index contributed by atoms with van der Waals surface area (Å²) in [6.45, 7) is 0.167. The first-order valence-corrected chi connectivity index (χ1v) is 10.8. The summed E-state index contributed by atoms with van der Waals surface area (Å²) in [6, 6.07) is 10.6. The minimum atomic E-state index is -0.869. The smallest absolute Gasteiger partial charge is 0.253 e. The highest BCUT2D eigenvalue weighted by molar-refractivity contribution is 6.05. The summed E-state index contributed by atoms with van der Waals surface area (Å²) in [5, 5.41) is 8.93. The second-order valence-electron chi connectivity index (χ2n) is 7.82. The number of benzene rings is 2. The van der Waals surface area contributed by atoms with Crippen molar-refractivity contribution in [2.24, 2.45) is 0 Å². The van der Waals surface area contributed by atoms with E-state index in [-0.39, 0.29) is 29.5 Å². The molecular weight excluding hydrogens is 471 g/mol. The number of rotatable bonds is 6. The largest absolute Gasteiger partial charge is 0.454 e. The second kappa shape index (κ2) is 9.79. The average molecular weight is 489 g/mol. The summed E-state index contributed by atoms with van der Waals surface area (Å²) in [6.07, 6.45) is 9.63. The van der Waals surface area contributed by atoms with E-state index in [2.05, 4.69) is 20.5 Å². The van der Waals surface area contributed by atoms with Gasteiger partial charge in [0, 0.05) is 53.6 Å². The molecule has 10 heteroatoms. The monoisotopic (exact) mass is 489 g/mol. The molecule has 0 spiro atoms. The minimum Gasteiger partial charge on any atom is -0.454 e. The van der Waals surface area contributed by atoms with Crippen molar-refractivity contribution < 1.29 is 22.7 Å². The molecule has 2 aromatic heterocycles. The van der Waals surface area contributed by atoms with Crippen molar-refractivity contribution in [3.05, 3.63) is 108 Å². The van der Waals surface area contributed by atoms with Crippen LogP contribution >= 0.6 is 0 Å². The van der Waals surface area contributed by atoms with Gasteiger partial charge >= 0.3 is 0 Å². The number of H-pyrrole nitrogens is 1. The Kier molecular flexibility index (Phi) is 6.23. The molecule has 5 rings (SSSR count). The van der Waals surface area contributed by atoms with Crippen molar-refractivity contribution in [3.63, 3.8) is 0 Å². The van der Waals surface area contributed by atoms with Gasteiger partial charge in [-0.2, -0.15) is 5.10 Å². The van der Waals surface area contributed by atoms with Gasteiger partial charge in [0.15, 0.2) is 17.4 Å². The van der Waals surface area contributed by atoms with Crippen LogP contribution in [-0.4, -0.2) is 27.6 Å². The van der Waals surface area contributed by atoms with Crippen molar-refractivity contribution in [1.29, 1.82) is 0 Å². The van der Waals surface area contributed by atoms with Gasteiger partial charge in [-0.05, 0) is 36.4 Å². The Morgan fingerprint density at radius 1 is 1.06 bits per heavy atom. The lowest BCUT2D eigenvalue weighted by Crippen LogP contribution is -2.28. The molecule has 0 fully saturated rings. The van der Waals surface area contributed by atoms with Gasteiger partial charge in [0.05, 0.1) is 24.1 Å². The number of halogens is 3. The molecule has 7 nitrogen and oxygen atoms in total. The average Bonchev–Trinajstić information content (AvgIpc) is 3.43. The van der Waals surface area contributed by atoms with Crippen molar-refractivity contribution in [1.82, 2.24) is 15.2 Å². The summed E-state index contributed by atoms with van der Waals surface area (Å²) < 4.78 is 48.3. The Bertz CT molecular complexity index is 1470. The molecule has 1 aliphatic heterocycles. The normalized spacial score (nSPS) is 12.9. The van der Waals surface area contributed by atoms with E-state index in [1.165, 1.54) is 24.4 Å². The van der Waals surface area contributed by atoms with Crippen LogP contribution in [0.1, 0.15) is 0 Å². The maximum Gasteiger partial charge on any atom is 0.253 e. The molecule has 0 saturated carbocycles. The Morgan fingerprint density at radius 3 is 2.67 bits per heavy atom. The van der Waals surface area contributed by atoms with Gasteiger partial charge < -0.3 is 15.0 Å². The number of amides is 1. The SMILES string of the molecule is O=C(Nc1cc(F)c(Oc2ccnc(-c3cn[nH]c3)c2)cc1F)C1=CC=CN(c2ccc(F)cc2)C1. The van der Waals surface area contributed by atoms with E-state index in [1.54, 1.807) is 53.8 Å². The van der Waals surface area contributed by atoms with E-state index < -0.39 is 17.5 Å². The maximum absolute atomic E-state index is 14.8. The van der Waals surface area contributed by atoms with Crippen molar-refractivity contribution in [3.8, 4) is 22.8 Å². The van der Waals surface area contributed by atoms with Crippen LogP contribution in [-0.2, 0) is 4.79 Å². The number of carbonyl (C=O) groups excluding carboxylic acids is 1. The lowest BCUT2D eigenvalue weighted by molar-refractivity contribution is -0.112. The highest BCUT2D eigenvalue weighted by Gasteiger charge is 2.19. The van der Waals surface area contributed by atoms with Gasteiger partial charge in [-0.15, -0.1) is 0 Å². The summed E-state index contributed by atoms with van der Waals surface area (Å²) in [5.74, 6) is -2.81. The number of carbonyl (C=O) groups is 1. The third kappa shape index (κ3) is 4.97. The number of hydrogen-bond acceptors (Lipinski definition) is 5. The molecule has 1 aliphatic rings. The van der Waals surface area contributed by atoms with Gasteiger partial charge in [0.2, 0.25) is 0 Å². The predicted molar refractivity (Wildman–Crippen MR) is 128 cm³/mol. The van der Waals surface area contributed by atoms with Crippen molar-refractivity contribution in [2.45, 2.75) is 0 Å². The first kappa shape index (κ1) is 22.9. The molecule has 0 unspecified atom stereocenters. The molecule has 3 heterocycles. The van der Waals surface area contributed by atoms with Gasteiger partial charge in [-0.25, -0.2) is 13.2 Å². The lowest BCUT2D eigenvalue weighted by atomic mass is 10.1. The second-order valence-corrected chi connectivity index (χ2v) is 7.82. The summed E-state index contributed by atoms with van der Waals surface area (Å²) >= 11 is 0. The molecule has 4 aromatic rings. The molecule has 0 radical (unpaired) electrons. The number of aromatic amines is 1. The number of hydrogen-bond donors (Lipinski definition) is 2. The van der Waals surface area contributed by atoms with Crippen LogP contribution < -0.4 is 15.0 Å². The Hall–Kier alpha value is -4.86. The molecule has 0 aliphatic carbocycles. The standard InChI is InChI=1S/C26H18F3N5O2/c27-18-3-5-19(6-4-18)34-9-1-2-16(15-34)26(35)33-24-11-22(29)25(12-21(24)28)36-20-7-8-30-23(10-20)17-13-31-32-14-17/h1-14H,15H2,(H,31,32)(H,33,35). The van der Waals surface area contributed by atoms with E-state index in [4.69, 9.17) is 4.74 Å². The van der Waals surface area contributed by atoms with Crippen LogP contribution in [0.2, 0.25) is 0 Å². The number of aromatic nitrogens is 3. The number of ether oxygens (including phenoxy) is 1. The Labute approximate surface area is 203 Å². The van der Waals surface area contributed by atoms with Crippen LogP contribution in [0.4, 0.5) is 24.5 Å². The zero-order valence-electron chi connectivity index (χ0n) is 18.6. The van der Waals surface area contributed by atoms with Crippen LogP contribution in [0.15, 0.2) is 91.0 Å². The predicted octanol–water partition coefficient (Wildman–Crippen LogP) is 5.58. The van der Waals surface area contributed by atoms with E-state index >= 15 is 0 Å². The summed E-state index contributed by atoms with van der Waals surface area (Å²) in [4.78, 5) is 18.7. The molecule has 180 valence electrons. The number of nitrogens with zero attached hydrogens (tertiary/aromatic N) is 3. The fourth-order valence-electron chi connectivity index (χ4n) is 3.57. The zero-order valence-corrected chi connectivity index (χ0v) is 18.6. The Morgan fingerprint density at radius 2 is 1.89 bits per heavy atom. The van der Waals surface area contributed by atoms with Crippen LogP contribution in [0.25, 0.3) is 11.3 Å². The highest BCUT2D eigenvalue weighted by atomic mass is 19.1. The van der Waals surface area contributed by atoms with Gasteiger partial charge in [-0.3, -0.25) is 14.9 Å². The van der Waals surface area contributed by atoms with Gasteiger partial charge in [0.1, 0.15) is 11.6 Å². The molecule has 36 heavy (non-hydrogen) atoms. The molecule has 0 bridgehead atoms.